The van der Waals surface area contributed by atoms with Gasteiger partial charge in [0, 0.05) is 23.6 Å². The molecule has 2 fully saturated rings. The SMILES string of the molecule is CC(C)(C)OC(=O)N1C2CCC1CC(C(=O)c1ccc(F)c(C(F)(F)F)c1)C2. The van der Waals surface area contributed by atoms with Crippen LogP contribution in [-0.2, 0) is 10.9 Å². The Balaban J connectivity index is 1.76. The number of ketones is 1. The lowest BCUT2D eigenvalue weighted by Gasteiger charge is -2.39. The lowest BCUT2D eigenvalue weighted by molar-refractivity contribution is -0.140. The van der Waals surface area contributed by atoms with Gasteiger partial charge in [-0.15, -0.1) is 0 Å². The van der Waals surface area contributed by atoms with Crippen molar-refractivity contribution in [2.75, 3.05) is 0 Å². The molecule has 0 N–H and O–H groups in total. The van der Waals surface area contributed by atoms with Crippen molar-refractivity contribution < 1.29 is 31.9 Å². The number of benzene rings is 1. The van der Waals surface area contributed by atoms with Gasteiger partial charge in [0.2, 0.25) is 0 Å². The van der Waals surface area contributed by atoms with E-state index in [1.54, 1.807) is 25.7 Å². The first kappa shape index (κ1) is 20.6. The number of piperidine rings is 1. The largest absolute Gasteiger partial charge is 0.444 e. The first-order valence-electron chi connectivity index (χ1n) is 9.29. The number of halogens is 4. The molecule has 1 amide bonds. The Hall–Kier alpha value is -2.12. The zero-order chi connectivity index (χ0) is 20.9. The third-order valence-corrected chi connectivity index (χ3v) is 5.26. The van der Waals surface area contributed by atoms with Crippen molar-refractivity contribution in [2.45, 2.75) is 70.3 Å². The maximum absolute atomic E-state index is 13.5. The van der Waals surface area contributed by atoms with E-state index in [-0.39, 0.29) is 17.6 Å². The van der Waals surface area contributed by atoms with Crippen molar-refractivity contribution in [1.29, 1.82) is 0 Å². The fraction of sp³-hybridized carbons (Fsp3) is 0.600. The summed E-state index contributed by atoms with van der Waals surface area (Å²) in [6.45, 7) is 5.32. The molecule has 2 atom stereocenters. The summed E-state index contributed by atoms with van der Waals surface area (Å²) in [6.07, 6.45) is -3.09. The second-order valence-corrected chi connectivity index (χ2v) is 8.50. The minimum absolute atomic E-state index is 0.149. The molecule has 1 aromatic rings. The topological polar surface area (TPSA) is 46.6 Å². The molecule has 0 radical (unpaired) electrons. The number of fused-ring (bicyclic) bond motifs is 2. The zero-order valence-electron chi connectivity index (χ0n) is 16.0. The highest BCUT2D eigenvalue weighted by Crippen LogP contribution is 2.41. The van der Waals surface area contributed by atoms with Crippen LogP contribution in [0.1, 0.15) is 62.4 Å². The van der Waals surface area contributed by atoms with E-state index in [1.165, 1.54) is 0 Å². The van der Waals surface area contributed by atoms with E-state index in [2.05, 4.69) is 0 Å². The first-order valence-corrected chi connectivity index (χ1v) is 9.29. The van der Waals surface area contributed by atoms with Gasteiger partial charge in [-0.05, 0) is 64.7 Å². The van der Waals surface area contributed by atoms with Gasteiger partial charge in [0.15, 0.2) is 5.78 Å². The predicted octanol–water partition coefficient (Wildman–Crippen LogP) is 5.21. The van der Waals surface area contributed by atoms with Crippen LogP contribution in [0.4, 0.5) is 22.4 Å². The summed E-state index contributed by atoms with van der Waals surface area (Å²) in [5.74, 6) is -2.34. The smallest absolute Gasteiger partial charge is 0.419 e. The summed E-state index contributed by atoms with van der Waals surface area (Å²) in [7, 11) is 0. The molecule has 8 heteroatoms. The van der Waals surface area contributed by atoms with Gasteiger partial charge in [-0.2, -0.15) is 13.2 Å². The second-order valence-electron chi connectivity index (χ2n) is 8.50. The zero-order valence-corrected chi connectivity index (χ0v) is 16.0. The fourth-order valence-corrected chi connectivity index (χ4v) is 4.14. The van der Waals surface area contributed by atoms with E-state index < -0.39 is 41.0 Å². The number of hydrogen-bond acceptors (Lipinski definition) is 3. The highest BCUT2D eigenvalue weighted by molar-refractivity contribution is 5.98. The van der Waals surface area contributed by atoms with Gasteiger partial charge in [-0.1, -0.05) is 0 Å². The van der Waals surface area contributed by atoms with Crippen LogP contribution in [0.15, 0.2) is 18.2 Å². The summed E-state index contributed by atoms with van der Waals surface area (Å²) in [5, 5.41) is 0. The molecule has 154 valence electrons. The van der Waals surface area contributed by atoms with Crippen LogP contribution < -0.4 is 0 Å². The standard InChI is InChI=1S/C20H23F4NO3/c1-19(2,3)28-18(27)25-13-5-6-14(25)9-12(8-13)17(26)11-4-7-16(21)15(10-11)20(22,23)24/h4,7,10,12-14H,5-6,8-9H2,1-3H3. The van der Waals surface area contributed by atoms with Crippen molar-refractivity contribution in [3.8, 4) is 0 Å². The average Bonchev–Trinajstić information content (AvgIpc) is 2.82. The molecule has 2 heterocycles. The Morgan fingerprint density at radius 3 is 2.14 bits per heavy atom. The van der Waals surface area contributed by atoms with Crippen LogP contribution in [0.25, 0.3) is 0 Å². The van der Waals surface area contributed by atoms with Crippen molar-refractivity contribution in [1.82, 2.24) is 4.90 Å². The van der Waals surface area contributed by atoms with Gasteiger partial charge in [-0.25, -0.2) is 9.18 Å². The van der Waals surface area contributed by atoms with E-state index in [0.717, 1.165) is 18.9 Å². The quantitative estimate of drug-likeness (QED) is 0.505. The van der Waals surface area contributed by atoms with Crippen molar-refractivity contribution in [3.05, 3.63) is 35.1 Å². The molecule has 2 bridgehead atoms. The predicted molar refractivity (Wildman–Crippen MR) is 93.3 cm³/mol. The van der Waals surface area contributed by atoms with Crippen LogP contribution in [0.5, 0.6) is 0 Å². The summed E-state index contributed by atoms with van der Waals surface area (Å²) in [6, 6.07) is 2.00. The van der Waals surface area contributed by atoms with Gasteiger partial charge in [0.1, 0.15) is 11.4 Å². The Bertz CT molecular complexity index is 771. The molecular weight excluding hydrogens is 378 g/mol. The lowest BCUT2D eigenvalue weighted by atomic mass is 9.84. The molecule has 0 aromatic heterocycles. The molecule has 4 nitrogen and oxygen atoms in total. The second kappa shape index (κ2) is 7.04. The van der Waals surface area contributed by atoms with Crippen LogP contribution in [0.3, 0.4) is 0 Å². The number of Topliss-reactive ketones (excluding diaryl/α,β-unsaturated/α-hetero) is 1. The maximum atomic E-state index is 13.5. The number of nitrogens with zero attached hydrogens (tertiary/aromatic N) is 1. The van der Waals surface area contributed by atoms with Gasteiger partial charge in [0.25, 0.3) is 0 Å². The number of amides is 1. The molecule has 0 spiro atoms. The Kier molecular flexibility index (Phi) is 5.18. The molecule has 2 unspecified atom stereocenters. The number of ether oxygens (including phenoxy) is 1. The molecule has 2 saturated heterocycles. The molecule has 28 heavy (non-hydrogen) atoms. The molecule has 2 aliphatic rings. The average molecular weight is 401 g/mol. The van der Waals surface area contributed by atoms with Gasteiger partial charge < -0.3 is 9.64 Å². The number of carbonyl (C=O) groups is 2. The van der Waals surface area contributed by atoms with Crippen LogP contribution >= 0.6 is 0 Å². The number of carbonyl (C=O) groups excluding carboxylic acids is 2. The highest BCUT2D eigenvalue weighted by Gasteiger charge is 2.46. The summed E-state index contributed by atoms with van der Waals surface area (Å²) >= 11 is 0. The van der Waals surface area contributed by atoms with E-state index in [9.17, 15) is 27.2 Å². The van der Waals surface area contributed by atoms with Crippen molar-refractivity contribution >= 4 is 11.9 Å². The van der Waals surface area contributed by atoms with E-state index in [1.807, 2.05) is 0 Å². The molecular formula is C20H23F4NO3. The van der Waals surface area contributed by atoms with Gasteiger partial charge in [-0.3, -0.25) is 4.79 Å². The molecule has 3 rings (SSSR count). The summed E-state index contributed by atoms with van der Waals surface area (Å²) in [5.41, 5.74) is -2.22. The summed E-state index contributed by atoms with van der Waals surface area (Å²) in [4.78, 5) is 26.9. The van der Waals surface area contributed by atoms with E-state index in [0.29, 0.717) is 25.0 Å². The third-order valence-electron chi connectivity index (χ3n) is 5.26. The third kappa shape index (κ3) is 4.15. The minimum atomic E-state index is -4.86. The van der Waals surface area contributed by atoms with Gasteiger partial charge >= 0.3 is 12.3 Å². The minimum Gasteiger partial charge on any atom is -0.444 e. The lowest BCUT2D eigenvalue weighted by Crippen LogP contribution is -2.49. The molecule has 2 aliphatic heterocycles. The Morgan fingerprint density at radius 1 is 1.07 bits per heavy atom. The highest BCUT2D eigenvalue weighted by atomic mass is 19.4. The number of rotatable bonds is 2. The number of hydrogen-bond donors (Lipinski definition) is 0. The van der Waals surface area contributed by atoms with Crippen LogP contribution in [0.2, 0.25) is 0 Å². The monoisotopic (exact) mass is 401 g/mol. The van der Waals surface area contributed by atoms with Crippen LogP contribution in [-0.4, -0.2) is 34.5 Å². The van der Waals surface area contributed by atoms with E-state index in [4.69, 9.17) is 4.74 Å². The van der Waals surface area contributed by atoms with Crippen LogP contribution in [0, 0.1) is 11.7 Å². The molecule has 0 aliphatic carbocycles. The Labute approximate surface area is 160 Å². The van der Waals surface area contributed by atoms with Crippen molar-refractivity contribution in [2.24, 2.45) is 5.92 Å². The maximum Gasteiger partial charge on any atom is 0.419 e. The van der Waals surface area contributed by atoms with Crippen molar-refractivity contribution in [3.63, 3.8) is 0 Å². The Morgan fingerprint density at radius 2 is 1.64 bits per heavy atom. The number of alkyl halides is 3. The fourth-order valence-electron chi connectivity index (χ4n) is 4.14. The van der Waals surface area contributed by atoms with Gasteiger partial charge in [0.05, 0.1) is 5.56 Å². The first-order chi connectivity index (χ1) is 12.9. The molecule has 1 aromatic carbocycles. The normalized spacial score (nSPS) is 25.0. The summed E-state index contributed by atoms with van der Waals surface area (Å²) < 4.78 is 57.7. The van der Waals surface area contributed by atoms with E-state index >= 15 is 0 Å². The molecule has 0 saturated carbocycles.